The van der Waals surface area contributed by atoms with Crippen molar-refractivity contribution in [2.75, 3.05) is 12.3 Å². The van der Waals surface area contributed by atoms with Crippen LogP contribution in [-0.4, -0.2) is 60.4 Å². The van der Waals surface area contributed by atoms with E-state index in [0.29, 0.717) is 0 Å². The fourth-order valence-electron chi connectivity index (χ4n) is 2.00. The number of carbonyl (C=O) groups is 1. The van der Waals surface area contributed by atoms with Crippen LogP contribution in [0, 0.1) is 0 Å². The first-order valence-corrected chi connectivity index (χ1v) is 7.40. The molecule has 2 heterocycles. The number of carboxylic acid groups (broad SMARTS) is 1. The molecule has 1 saturated heterocycles. The van der Waals surface area contributed by atoms with Crippen LogP contribution in [-0.2, 0) is 13.8 Å². The van der Waals surface area contributed by atoms with Gasteiger partial charge in [-0.05, 0) is 0 Å². The van der Waals surface area contributed by atoms with Crippen molar-refractivity contribution < 1.29 is 43.7 Å². The van der Waals surface area contributed by atoms with Gasteiger partial charge in [0.15, 0.2) is 6.23 Å². The molecule has 13 heteroatoms. The molecule has 6 N–H and O–H groups in total. The summed E-state index contributed by atoms with van der Waals surface area (Å²) in [7, 11) is -4.78. The molecule has 1 fully saturated rings. The van der Waals surface area contributed by atoms with Crippen LogP contribution in [0.3, 0.4) is 0 Å². The molecule has 12 nitrogen and oxygen atoms in total. The van der Waals surface area contributed by atoms with Gasteiger partial charge in [-0.1, -0.05) is 0 Å². The number of hydrogen-bond donors (Lipinski definition) is 5. The number of anilines is 1. The molecule has 1 aliphatic heterocycles. The summed E-state index contributed by atoms with van der Waals surface area (Å²) >= 11 is 0. The maximum atomic E-state index is 10.7. The van der Waals surface area contributed by atoms with Gasteiger partial charge in [-0.25, -0.2) is 9.55 Å². The zero-order chi connectivity index (χ0) is 16.7. The van der Waals surface area contributed by atoms with Crippen LogP contribution < -0.4 is 10.8 Å². The number of aliphatic hydroxyl groups excluding tert-OH is 2. The van der Waals surface area contributed by atoms with Gasteiger partial charge in [-0.3, -0.25) is 9.09 Å². The van der Waals surface area contributed by atoms with Gasteiger partial charge < -0.3 is 40.4 Å². The molecular weight excluding hydrogens is 325 g/mol. The Morgan fingerprint density at radius 2 is 2.14 bits per heavy atom. The predicted molar refractivity (Wildman–Crippen MR) is 64.9 cm³/mol. The number of hydrogen-bond acceptors (Lipinski definition) is 9. The summed E-state index contributed by atoms with van der Waals surface area (Å²) in [5, 5.41) is 30.4. The Hall–Kier alpha value is -1.53. The zero-order valence-corrected chi connectivity index (χ0v) is 11.7. The summed E-state index contributed by atoms with van der Waals surface area (Å²) in [5.41, 5.74) is 4.96. The number of aliphatic hydroxyl groups is 2. The standard InChI is InChI=1S/C9H14N3O9P/c10-7-4(9(15)16)11-2-12(7)8-6(14)5(13)3(21-8)1-20-22(17,18)19/h2-3,5-6,8,13-14H,1,10H2,(H,15,16)(H2,17,18,19)/p-1. The number of nitrogen functional groups attached to an aromatic ring is 1. The number of ether oxygens (including phenoxy) is 1. The van der Waals surface area contributed by atoms with Gasteiger partial charge in [0.2, 0.25) is 0 Å². The number of imidazole rings is 1. The van der Waals surface area contributed by atoms with Crippen molar-refractivity contribution in [1.82, 2.24) is 9.55 Å². The lowest BCUT2D eigenvalue weighted by Gasteiger charge is -2.17. The SMILES string of the molecule is Nc1c(C(=O)[O-])ncn1C1OC(COP(=O)(O)O)C(O)C1O. The summed E-state index contributed by atoms with van der Waals surface area (Å²) in [4.78, 5) is 31.4. The van der Waals surface area contributed by atoms with E-state index in [9.17, 15) is 24.7 Å². The van der Waals surface area contributed by atoms with E-state index in [2.05, 4.69) is 9.51 Å². The third-order valence-electron chi connectivity index (χ3n) is 3.04. The lowest BCUT2D eigenvalue weighted by Crippen LogP contribution is -2.33. The van der Waals surface area contributed by atoms with E-state index < -0.39 is 50.6 Å². The molecule has 124 valence electrons. The summed E-state index contributed by atoms with van der Waals surface area (Å²) in [6, 6.07) is 0. The molecule has 0 bridgehead atoms. The highest BCUT2D eigenvalue weighted by Gasteiger charge is 2.45. The van der Waals surface area contributed by atoms with Gasteiger partial charge in [0, 0.05) is 0 Å². The smallest absolute Gasteiger partial charge is 0.469 e. The second-order valence-corrected chi connectivity index (χ2v) is 5.75. The van der Waals surface area contributed by atoms with Crippen LogP contribution in [0.25, 0.3) is 0 Å². The van der Waals surface area contributed by atoms with Gasteiger partial charge in [-0.2, -0.15) is 0 Å². The minimum absolute atomic E-state index is 0.368. The Balaban J connectivity index is 2.16. The molecule has 0 spiro atoms. The summed E-state index contributed by atoms with van der Waals surface area (Å²) in [6.07, 6.45) is -4.68. The predicted octanol–water partition coefficient (Wildman–Crippen LogP) is -3.44. The van der Waals surface area contributed by atoms with Crippen LogP contribution in [0.15, 0.2) is 6.33 Å². The molecule has 22 heavy (non-hydrogen) atoms. The third-order valence-corrected chi connectivity index (χ3v) is 3.53. The van der Waals surface area contributed by atoms with Gasteiger partial charge in [0.1, 0.15) is 29.8 Å². The molecule has 2 rings (SSSR count). The van der Waals surface area contributed by atoms with Crippen LogP contribution >= 0.6 is 7.82 Å². The van der Waals surface area contributed by atoms with Crippen molar-refractivity contribution >= 4 is 19.6 Å². The Morgan fingerprint density at radius 3 is 2.64 bits per heavy atom. The average molecular weight is 338 g/mol. The number of phosphoric acid groups is 1. The van der Waals surface area contributed by atoms with Crippen LogP contribution in [0.1, 0.15) is 16.7 Å². The van der Waals surface area contributed by atoms with Crippen molar-refractivity contribution in [3.05, 3.63) is 12.0 Å². The first-order chi connectivity index (χ1) is 10.1. The number of aromatic carboxylic acids is 1. The highest BCUT2D eigenvalue weighted by atomic mass is 31.2. The van der Waals surface area contributed by atoms with E-state index >= 15 is 0 Å². The van der Waals surface area contributed by atoms with Crippen molar-refractivity contribution in [1.29, 1.82) is 0 Å². The van der Waals surface area contributed by atoms with Crippen LogP contribution in [0.5, 0.6) is 0 Å². The molecule has 4 atom stereocenters. The van der Waals surface area contributed by atoms with E-state index in [0.717, 1.165) is 10.9 Å². The number of carbonyl (C=O) groups excluding carboxylic acids is 1. The fourth-order valence-corrected chi connectivity index (χ4v) is 2.34. The molecule has 0 saturated carbocycles. The largest absolute Gasteiger partial charge is 0.543 e. The van der Waals surface area contributed by atoms with Crippen molar-refractivity contribution in [3.8, 4) is 0 Å². The van der Waals surface area contributed by atoms with E-state index in [4.69, 9.17) is 20.3 Å². The molecule has 0 amide bonds. The van der Waals surface area contributed by atoms with Crippen LogP contribution in [0.4, 0.5) is 5.82 Å². The summed E-state index contributed by atoms with van der Waals surface area (Å²) < 4.78 is 21.0. The molecule has 0 aliphatic carbocycles. The first-order valence-electron chi connectivity index (χ1n) is 5.87. The van der Waals surface area contributed by atoms with Crippen molar-refractivity contribution in [2.24, 2.45) is 0 Å². The van der Waals surface area contributed by atoms with E-state index in [1.54, 1.807) is 0 Å². The summed E-state index contributed by atoms with van der Waals surface area (Å²) in [6.45, 7) is -0.694. The van der Waals surface area contributed by atoms with E-state index in [-0.39, 0.29) is 5.82 Å². The van der Waals surface area contributed by atoms with Crippen LogP contribution in [0.2, 0.25) is 0 Å². The second kappa shape index (κ2) is 5.93. The first kappa shape index (κ1) is 16.8. The lowest BCUT2D eigenvalue weighted by molar-refractivity contribution is -0.255. The molecule has 0 aromatic carbocycles. The molecule has 1 aromatic heterocycles. The van der Waals surface area contributed by atoms with Gasteiger partial charge in [-0.15, -0.1) is 0 Å². The zero-order valence-electron chi connectivity index (χ0n) is 10.8. The number of nitrogens with two attached hydrogens (primary N) is 1. The topological polar surface area (TPSA) is 200 Å². The highest BCUT2D eigenvalue weighted by molar-refractivity contribution is 7.46. The number of aromatic nitrogens is 2. The van der Waals surface area contributed by atoms with Gasteiger partial charge in [0.05, 0.1) is 18.9 Å². The maximum Gasteiger partial charge on any atom is 0.469 e. The van der Waals surface area contributed by atoms with E-state index in [1.165, 1.54) is 0 Å². The second-order valence-electron chi connectivity index (χ2n) is 4.51. The number of carboxylic acids is 1. The average Bonchev–Trinajstić information content (AvgIpc) is 2.90. The molecular formula is C9H13N3O9P-. The third kappa shape index (κ3) is 3.28. The fraction of sp³-hybridized carbons (Fsp3) is 0.556. The normalized spacial score (nSPS) is 28.9. The molecule has 4 unspecified atom stereocenters. The molecule has 1 aliphatic rings. The Bertz CT molecular complexity index is 613. The monoisotopic (exact) mass is 338 g/mol. The minimum Gasteiger partial charge on any atom is -0.543 e. The number of nitrogens with zero attached hydrogens (tertiary/aromatic N) is 2. The maximum absolute atomic E-state index is 10.7. The molecule has 0 radical (unpaired) electrons. The Morgan fingerprint density at radius 1 is 1.50 bits per heavy atom. The number of phosphoric ester groups is 1. The van der Waals surface area contributed by atoms with Gasteiger partial charge >= 0.3 is 7.82 Å². The van der Waals surface area contributed by atoms with E-state index in [1.807, 2.05) is 0 Å². The Kier molecular flexibility index (Phi) is 4.54. The minimum atomic E-state index is -4.78. The quantitative estimate of drug-likeness (QED) is 0.334. The van der Waals surface area contributed by atoms with Crippen molar-refractivity contribution in [3.63, 3.8) is 0 Å². The Labute approximate surface area is 123 Å². The summed E-state index contributed by atoms with van der Waals surface area (Å²) in [5.74, 6) is -2.00. The molecule has 1 aromatic rings. The highest BCUT2D eigenvalue weighted by Crippen LogP contribution is 2.38. The lowest BCUT2D eigenvalue weighted by atomic mass is 10.1. The van der Waals surface area contributed by atoms with Gasteiger partial charge in [0.25, 0.3) is 0 Å². The number of rotatable bonds is 5. The van der Waals surface area contributed by atoms with Crippen molar-refractivity contribution in [2.45, 2.75) is 24.5 Å².